The zero-order valence-electron chi connectivity index (χ0n) is 13.1. The molecule has 1 aliphatic heterocycles. The van der Waals surface area contributed by atoms with E-state index in [4.69, 9.17) is 4.74 Å². The Kier molecular flexibility index (Phi) is 3.86. The molecule has 24 heavy (non-hydrogen) atoms. The molecule has 4 nitrogen and oxygen atoms in total. The average molecular weight is 344 g/mol. The number of rotatable bonds is 3. The number of thiazole rings is 1. The Morgan fingerprint density at radius 2 is 2.08 bits per heavy atom. The summed E-state index contributed by atoms with van der Waals surface area (Å²) in [6.07, 6.45) is 0.124. The van der Waals surface area contributed by atoms with Gasteiger partial charge in [-0.2, -0.15) is 0 Å². The molecule has 0 spiro atoms. The van der Waals surface area contributed by atoms with Crippen molar-refractivity contribution in [3.63, 3.8) is 0 Å². The summed E-state index contributed by atoms with van der Waals surface area (Å²) in [5.74, 6) is 0.477. The number of aliphatic hydroxyl groups excluding tert-OH is 1. The van der Waals surface area contributed by atoms with Crippen molar-refractivity contribution >= 4 is 26.7 Å². The predicted octanol–water partition coefficient (Wildman–Crippen LogP) is 3.76. The van der Waals surface area contributed by atoms with E-state index in [1.807, 2.05) is 35.2 Å². The molecule has 0 amide bonds. The van der Waals surface area contributed by atoms with E-state index in [1.165, 1.54) is 17.4 Å². The van der Waals surface area contributed by atoms with Crippen LogP contribution in [0.3, 0.4) is 0 Å². The molecule has 124 valence electrons. The maximum absolute atomic E-state index is 14.0. The molecule has 0 unspecified atom stereocenters. The lowest BCUT2D eigenvalue weighted by atomic mass is 10.0. The molecule has 1 fully saturated rings. The molecule has 2 heterocycles. The number of fused-ring (bicyclic) bond motifs is 1. The van der Waals surface area contributed by atoms with Gasteiger partial charge in [-0.1, -0.05) is 35.6 Å². The van der Waals surface area contributed by atoms with Crippen molar-refractivity contribution in [3.8, 4) is 5.75 Å². The second kappa shape index (κ2) is 6.03. The van der Waals surface area contributed by atoms with Crippen LogP contribution >= 0.6 is 11.3 Å². The molecule has 1 saturated heterocycles. The third-order valence-electron chi connectivity index (χ3n) is 4.42. The summed E-state index contributed by atoms with van der Waals surface area (Å²) < 4.78 is 20.0. The maximum Gasteiger partial charge on any atom is 0.187 e. The average Bonchev–Trinajstić information content (AvgIpc) is 3.19. The van der Waals surface area contributed by atoms with Crippen LogP contribution in [0.25, 0.3) is 10.2 Å². The summed E-state index contributed by atoms with van der Waals surface area (Å²) in [5, 5.41) is 11.3. The number of nitrogens with zero attached hydrogens (tertiary/aromatic N) is 2. The van der Waals surface area contributed by atoms with Gasteiger partial charge in [-0.25, -0.2) is 9.37 Å². The number of hydrogen-bond acceptors (Lipinski definition) is 5. The second-order valence-electron chi connectivity index (χ2n) is 5.82. The van der Waals surface area contributed by atoms with Crippen LogP contribution in [0.1, 0.15) is 18.0 Å². The predicted molar refractivity (Wildman–Crippen MR) is 93.3 cm³/mol. The monoisotopic (exact) mass is 344 g/mol. The molecule has 2 aromatic carbocycles. The molecular formula is C18H17FN2O2S. The highest BCUT2D eigenvalue weighted by molar-refractivity contribution is 7.22. The Hall–Kier alpha value is -2.18. The maximum atomic E-state index is 14.0. The molecule has 4 rings (SSSR count). The van der Waals surface area contributed by atoms with Gasteiger partial charge in [0.05, 0.1) is 29.5 Å². The fraction of sp³-hybridized carbons (Fsp3) is 0.278. The van der Waals surface area contributed by atoms with E-state index in [0.717, 1.165) is 16.4 Å². The normalized spacial score (nSPS) is 20.7. The fourth-order valence-corrected chi connectivity index (χ4v) is 4.34. The number of halogens is 1. The van der Waals surface area contributed by atoms with Gasteiger partial charge in [0.2, 0.25) is 0 Å². The van der Waals surface area contributed by atoms with Gasteiger partial charge in [0.15, 0.2) is 5.13 Å². The summed E-state index contributed by atoms with van der Waals surface area (Å²) in [4.78, 5) is 6.62. The van der Waals surface area contributed by atoms with Crippen molar-refractivity contribution in [2.75, 3.05) is 18.6 Å². The second-order valence-corrected chi connectivity index (χ2v) is 6.80. The Morgan fingerprint density at radius 1 is 1.25 bits per heavy atom. The lowest BCUT2D eigenvalue weighted by Gasteiger charge is -2.27. The zero-order valence-corrected chi connectivity index (χ0v) is 14.0. The van der Waals surface area contributed by atoms with Crippen LogP contribution in [-0.2, 0) is 0 Å². The van der Waals surface area contributed by atoms with Crippen molar-refractivity contribution in [1.29, 1.82) is 0 Å². The van der Waals surface area contributed by atoms with Crippen LogP contribution < -0.4 is 9.64 Å². The van der Waals surface area contributed by atoms with E-state index < -0.39 is 6.10 Å². The van der Waals surface area contributed by atoms with Crippen molar-refractivity contribution < 1.29 is 14.2 Å². The fourth-order valence-electron chi connectivity index (χ4n) is 3.30. The third-order valence-corrected chi connectivity index (χ3v) is 5.54. The first kappa shape index (κ1) is 15.4. The Balaban J connectivity index is 1.79. The Labute approximate surface area is 143 Å². The van der Waals surface area contributed by atoms with Gasteiger partial charge < -0.3 is 14.7 Å². The van der Waals surface area contributed by atoms with Crippen LogP contribution in [0.15, 0.2) is 42.5 Å². The minimum Gasteiger partial charge on any atom is -0.496 e. The van der Waals surface area contributed by atoms with Crippen molar-refractivity contribution in [2.24, 2.45) is 0 Å². The smallest absolute Gasteiger partial charge is 0.187 e. The van der Waals surface area contributed by atoms with Gasteiger partial charge in [-0.05, 0) is 24.6 Å². The molecule has 1 aromatic heterocycles. The highest BCUT2D eigenvalue weighted by Gasteiger charge is 2.37. The van der Waals surface area contributed by atoms with E-state index in [2.05, 4.69) is 4.98 Å². The largest absolute Gasteiger partial charge is 0.496 e. The molecular weight excluding hydrogens is 327 g/mol. The number of ether oxygens (including phenoxy) is 1. The SMILES string of the molecule is COc1ccccc1[C@@H]1[C@H](O)CCN1c1nc2cccc(F)c2s1. The molecule has 0 bridgehead atoms. The van der Waals surface area contributed by atoms with E-state index in [0.29, 0.717) is 23.2 Å². The lowest BCUT2D eigenvalue weighted by molar-refractivity contribution is 0.163. The van der Waals surface area contributed by atoms with E-state index in [-0.39, 0.29) is 11.9 Å². The van der Waals surface area contributed by atoms with Crippen LogP contribution in [0.5, 0.6) is 5.75 Å². The van der Waals surface area contributed by atoms with Crippen molar-refractivity contribution in [3.05, 3.63) is 53.8 Å². The highest BCUT2D eigenvalue weighted by atomic mass is 32.1. The van der Waals surface area contributed by atoms with E-state index in [9.17, 15) is 9.50 Å². The Morgan fingerprint density at radius 3 is 2.88 bits per heavy atom. The summed E-state index contributed by atoms with van der Waals surface area (Å²) in [6.45, 7) is 0.672. The van der Waals surface area contributed by atoms with E-state index >= 15 is 0 Å². The topological polar surface area (TPSA) is 45.6 Å². The number of aliphatic hydroxyl groups is 1. The standard InChI is InChI=1S/C18H17FN2O2S/c1-23-15-8-3-2-5-11(15)16-14(22)9-10-21(16)18-20-13-7-4-6-12(19)17(13)24-18/h2-8,14,16,22H,9-10H2,1H3/t14-,16-/m1/s1. The Bertz CT molecular complexity index is 882. The zero-order chi connectivity index (χ0) is 16.7. The number of anilines is 1. The number of aromatic nitrogens is 1. The number of para-hydroxylation sites is 1. The minimum atomic E-state index is -0.516. The first-order chi connectivity index (χ1) is 11.7. The summed E-state index contributed by atoms with van der Waals surface area (Å²) in [7, 11) is 1.62. The molecule has 1 aliphatic rings. The number of hydrogen-bond donors (Lipinski definition) is 1. The number of benzene rings is 2. The molecule has 0 aliphatic carbocycles. The van der Waals surface area contributed by atoms with Gasteiger partial charge in [0.25, 0.3) is 0 Å². The van der Waals surface area contributed by atoms with Crippen molar-refractivity contribution in [2.45, 2.75) is 18.6 Å². The van der Waals surface area contributed by atoms with Gasteiger partial charge in [-0.15, -0.1) is 0 Å². The molecule has 1 N–H and O–H groups in total. The number of methoxy groups -OCH3 is 1. The molecule has 0 radical (unpaired) electrons. The first-order valence-electron chi connectivity index (χ1n) is 7.81. The van der Waals surface area contributed by atoms with E-state index in [1.54, 1.807) is 13.2 Å². The van der Waals surface area contributed by atoms with Gasteiger partial charge in [0, 0.05) is 12.1 Å². The quantitative estimate of drug-likeness (QED) is 0.786. The van der Waals surface area contributed by atoms with Crippen LogP contribution in [0.4, 0.5) is 9.52 Å². The minimum absolute atomic E-state index is 0.246. The molecule has 3 aromatic rings. The van der Waals surface area contributed by atoms with Gasteiger partial charge >= 0.3 is 0 Å². The van der Waals surface area contributed by atoms with Crippen LogP contribution in [-0.4, -0.2) is 29.8 Å². The molecule has 0 saturated carbocycles. The van der Waals surface area contributed by atoms with Gasteiger partial charge in [0.1, 0.15) is 11.6 Å². The molecule has 6 heteroatoms. The van der Waals surface area contributed by atoms with Crippen LogP contribution in [0, 0.1) is 5.82 Å². The summed E-state index contributed by atoms with van der Waals surface area (Å²) in [5.41, 5.74) is 1.57. The lowest BCUT2D eigenvalue weighted by Crippen LogP contribution is -2.27. The molecule has 2 atom stereocenters. The van der Waals surface area contributed by atoms with Crippen LogP contribution in [0.2, 0.25) is 0 Å². The first-order valence-corrected chi connectivity index (χ1v) is 8.63. The summed E-state index contributed by atoms with van der Waals surface area (Å²) in [6, 6.07) is 12.3. The highest BCUT2D eigenvalue weighted by Crippen LogP contribution is 2.42. The third kappa shape index (κ3) is 2.42. The van der Waals surface area contributed by atoms with Gasteiger partial charge in [-0.3, -0.25) is 0 Å². The van der Waals surface area contributed by atoms with Crippen molar-refractivity contribution in [1.82, 2.24) is 4.98 Å². The summed E-state index contributed by atoms with van der Waals surface area (Å²) >= 11 is 1.32.